The Labute approximate surface area is 180 Å². The molecule has 1 atom stereocenters. The molecular formula is C22H25N7O2. The molecule has 3 rings (SSSR count). The third-order valence-electron chi connectivity index (χ3n) is 4.52. The van der Waals surface area contributed by atoms with Crippen LogP contribution in [-0.2, 0) is 4.79 Å². The van der Waals surface area contributed by atoms with Gasteiger partial charge in [-0.15, -0.1) is 0 Å². The van der Waals surface area contributed by atoms with Crippen molar-refractivity contribution in [1.29, 1.82) is 0 Å². The van der Waals surface area contributed by atoms with Crippen molar-refractivity contribution in [2.75, 3.05) is 10.6 Å². The highest BCUT2D eigenvalue weighted by Gasteiger charge is 2.19. The van der Waals surface area contributed by atoms with Crippen LogP contribution in [0, 0.1) is 5.92 Å². The van der Waals surface area contributed by atoms with Gasteiger partial charge in [-0.3, -0.25) is 14.6 Å². The molecule has 0 saturated carbocycles. The van der Waals surface area contributed by atoms with Gasteiger partial charge in [0.25, 0.3) is 5.91 Å². The fourth-order valence-electron chi connectivity index (χ4n) is 2.99. The monoisotopic (exact) mass is 419 g/mol. The van der Waals surface area contributed by atoms with Crippen LogP contribution in [-0.4, -0.2) is 32.8 Å². The largest absolute Gasteiger partial charge is 0.368 e. The number of carbonyl (C=O) groups excluding carboxylic acids is 2. The average Bonchev–Trinajstić information content (AvgIpc) is 2.74. The number of nitrogens with zero attached hydrogens (tertiary/aromatic N) is 3. The lowest BCUT2D eigenvalue weighted by Gasteiger charge is -2.18. The fourth-order valence-corrected chi connectivity index (χ4v) is 2.99. The smallest absolute Gasteiger partial charge is 0.254 e. The van der Waals surface area contributed by atoms with Crippen molar-refractivity contribution in [3.63, 3.8) is 0 Å². The summed E-state index contributed by atoms with van der Waals surface area (Å²) in [7, 11) is 0. The molecule has 0 saturated heterocycles. The van der Waals surface area contributed by atoms with E-state index in [-0.39, 0.29) is 23.2 Å². The maximum absolute atomic E-state index is 11.8. The van der Waals surface area contributed by atoms with Crippen molar-refractivity contribution in [1.82, 2.24) is 15.0 Å². The first-order valence-corrected chi connectivity index (χ1v) is 9.84. The molecule has 2 heterocycles. The van der Waals surface area contributed by atoms with Gasteiger partial charge < -0.3 is 22.1 Å². The van der Waals surface area contributed by atoms with Crippen LogP contribution in [0.2, 0.25) is 0 Å². The van der Waals surface area contributed by atoms with Crippen LogP contribution >= 0.6 is 0 Å². The lowest BCUT2D eigenvalue weighted by molar-refractivity contribution is -0.119. The molecule has 9 heteroatoms. The molecule has 160 valence electrons. The number of benzene rings is 1. The van der Waals surface area contributed by atoms with Crippen molar-refractivity contribution in [2.45, 2.75) is 26.3 Å². The quantitative estimate of drug-likeness (QED) is 0.416. The Kier molecular flexibility index (Phi) is 6.76. The number of hydrogen-bond acceptors (Lipinski definition) is 7. The van der Waals surface area contributed by atoms with E-state index in [1.807, 2.05) is 56.3 Å². The molecule has 2 aromatic heterocycles. The number of carbonyl (C=O) groups is 2. The Hall–Kier alpha value is -4.01. The van der Waals surface area contributed by atoms with Crippen molar-refractivity contribution >= 4 is 29.3 Å². The van der Waals surface area contributed by atoms with E-state index in [4.69, 9.17) is 11.5 Å². The van der Waals surface area contributed by atoms with Gasteiger partial charge in [-0.05, 0) is 36.6 Å². The van der Waals surface area contributed by atoms with E-state index in [1.165, 1.54) is 6.20 Å². The molecule has 0 aliphatic heterocycles. The Morgan fingerprint density at radius 1 is 1.03 bits per heavy atom. The third kappa shape index (κ3) is 5.75. The third-order valence-corrected chi connectivity index (χ3v) is 4.52. The summed E-state index contributed by atoms with van der Waals surface area (Å²) in [5, 5.41) is 6.02. The van der Waals surface area contributed by atoms with Crippen LogP contribution in [0.4, 0.5) is 17.5 Å². The van der Waals surface area contributed by atoms with E-state index >= 15 is 0 Å². The Balaban J connectivity index is 1.84. The van der Waals surface area contributed by atoms with Crippen molar-refractivity contribution < 1.29 is 9.59 Å². The molecule has 31 heavy (non-hydrogen) atoms. The molecule has 1 aromatic carbocycles. The SMILES string of the molecule is CC(C)CC(Nc1ncc(C(N)=O)c(Nc2ccc(-c3ccccn3)cc2)n1)C(N)=O. The van der Waals surface area contributed by atoms with Crippen LogP contribution < -0.4 is 22.1 Å². The second-order valence-electron chi connectivity index (χ2n) is 7.47. The minimum Gasteiger partial charge on any atom is -0.368 e. The predicted molar refractivity (Wildman–Crippen MR) is 120 cm³/mol. The van der Waals surface area contributed by atoms with Gasteiger partial charge in [0.05, 0.1) is 5.69 Å². The normalized spacial score (nSPS) is 11.7. The maximum Gasteiger partial charge on any atom is 0.254 e. The number of rotatable bonds is 9. The fraction of sp³-hybridized carbons (Fsp3) is 0.227. The summed E-state index contributed by atoms with van der Waals surface area (Å²) in [6.45, 7) is 3.96. The minimum absolute atomic E-state index is 0.124. The molecule has 0 spiro atoms. The average molecular weight is 419 g/mol. The van der Waals surface area contributed by atoms with Gasteiger partial charge >= 0.3 is 0 Å². The number of pyridine rings is 1. The van der Waals surface area contributed by atoms with Crippen LogP contribution in [0.1, 0.15) is 30.6 Å². The topological polar surface area (TPSA) is 149 Å². The number of nitrogens with one attached hydrogen (secondary N) is 2. The summed E-state index contributed by atoms with van der Waals surface area (Å²) in [6.07, 6.45) is 3.57. The van der Waals surface area contributed by atoms with Gasteiger partial charge in [0, 0.05) is 23.6 Å². The van der Waals surface area contributed by atoms with Gasteiger partial charge in [0.2, 0.25) is 11.9 Å². The molecule has 9 nitrogen and oxygen atoms in total. The van der Waals surface area contributed by atoms with E-state index in [9.17, 15) is 9.59 Å². The molecule has 1 unspecified atom stereocenters. The summed E-state index contributed by atoms with van der Waals surface area (Å²) in [5.41, 5.74) is 13.6. The van der Waals surface area contributed by atoms with Crippen LogP contribution in [0.15, 0.2) is 54.9 Å². The number of aromatic nitrogens is 3. The first-order chi connectivity index (χ1) is 14.8. The molecule has 0 aliphatic carbocycles. The van der Waals surface area contributed by atoms with E-state index in [0.29, 0.717) is 12.1 Å². The zero-order valence-corrected chi connectivity index (χ0v) is 17.4. The van der Waals surface area contributed by atoms with Crippen LogP contribution in [0.25, 0.3) is 11.3 Å². The number of anilines is 3. The van der Waals surface area contributed by atoms with E-state index in [2.05, 4.69) is 25.6 Å². The molecule has 0 aliphatic rings. The Morgan fingerprint density at radius 3 is 2.35 bits per heavy atom. The first-order valence-electron chi connectivity index (χ1n) is 9.84. The molecule has 2 amide bonds. The number of hydrogen-bond donors (Lipinski definition) is 4. The predicted octanol–water partition coefficient (Wildman–Crippen LogP) is 2.69. The van der Waals surface area contributed by atoms with Crippen LogP contribution in [0.5, 0.6) is 0 Å². The second kappa shape index (κ2) is 9.66. The summed E-state index contributed by atoms with van der Waals surface area (Å²) >= 11 is 0. The lowest BCUT2D eigenvalue weighted by Crippen LogP contribution is -2.37. The van der Waals surface area contributed by atoms with Gasteiger partial charge in [-0.2, -0.15) is 4.98 Å². The molecule has 3 aromatic rings. The zero-order valence-electron chi connectivity index (χ0n) is 17.4. The van der Waals surface area contributed by atoms with Crippen molar-refractivity contribution in [2.24, 2.45) is 17.4 Å². The summed E-state index contributed by atoms with van der Waals surface area (Å²) in [6, 6.07) is 12.6. The van der Waals surface area contributed by atoms with Crippen LogP contribution in [0.3, 0.4) is 0 Å². The maximum atomic E-state index is 11.8. The highest BCUT2D eigenvalue weighted by Crippen LogP contribution is 2.23. The van der Waals surface area contributed by atoms with E-state index in [1.54, 1.807) is 6.20 Å². The second-order valence-corrected chi connectivity index (χ2v) is 7.47. The first kappa shape index (κ1) is 21.7. The minimum atomic E-state index is -0.673. The van der Waals surface area contributed by atoms with Gasteiger partial charge in [0.15, 0.2) is 0 Å². The summed E-state index contributed by atoms with van der Waals surface area (Å²) in [4.78, 5) is 36.4. The molecule has 6 N–H and O–H groups in total. The number of nitrogens with two attached hydrogens (primary N) is 2. The number of primary amides is 2. The van der Waals surface area contributed by atoms with Gasteiger partial charge in [-0.25, -0.2) is 4.98 Å². The van der Waals surface area contributed by atoms with E-state index < -0.39 is 17.9 Å². The zero-order chi connectivity index (χ0) is 22.4. The number of amides is 2. The summed E-state index contributed by atoms with van der Waals surface area (Å²) in [5.74, 6) is -0.542. The van der Waals surface area contributed by atoms with Crippen molar-refractivity contribution in [3.05, 3.63) is 60.4 Å². The van der Waals surface area contributed by atoms with Gasteiger partial charge in [0.1, 0.15) is 17.4 Å². The highest BCUT2D eigenvalue weighted by atomic mass is 16.1. The molecular weight excluding hydrogens is 394 g/mol. The van der Waals surface area contributed by atoms with Crippen molar-refractivity contribution in [3.8, 4) is 11.3 Å². The molecule has 0 fully saturated rings. The summed E-state index contributed by atoms with van der Waals surface area (Å²) < 4.78 is 0. The Morgan fingerprint density at radius 2 is 1.77 bits per heavy atom. The highest BCUT2D eigenvalue weighted by molar-refractivity contribution is 5.98. The Bertz CT molecular complexity index is 1050. The lowest BCUT2D eigenvalue weighted by atomic mass is 10.0. The molecule has 0 bridgehead atoms. The van der Waals surface area contributed by atoms with Gasteiger partial charge in [-0.1, -0.05) is 32.0 Å². The van der Waals surface area contributed by atoms with E-state index in [0.717, 1.165) is 11.3 Å². The standard InChI is InChI=1S/C22H25N7O2/c1-13(2)11-18(20(24)31)28-22-26-12-16(19(23)30)21(29-22)27-15-8-6-14(7-9-15)17-5-3-4-10-25-17/h3-10,12-13,18H,11H2,1-2H3,(H2,23,30)(H2,24,31)(H2,26,27,28,29). The molecule has 0 radical (unpaired) electrons.